The van der Waals surface area contributed by atoms with Crippen molar-refractivity contribution in [3.63, 3.8) is 0 Å². The van der Waals surface area contributed by atoms with E-state index >= 15 is 0 Å². The van der Waals surface area contributed by atoms with Crippen LogP contribution in [0.2, 0.25) is 0 Å². The molecule has 0 atom stereocenters. The maximum absolute atomic E-state index is 11.8. The van der Waals surface area contributed by atoms with E-state index in [4.69, 9.17) is 4.74 Å². The molecule has 0 aliphatic carbocycles. The molecule has 1 heterocycles. The van der Waals surface area contributed by atoms with Crippen LogP contribution in [0.4, 0.5) is 0 Å². The van der Waals surface area contributed by atoms with Crippen molar-refractivity contribution in [1.82, 2.24) is 10.3 Å². The molecule has 0 fully saturated rings. The number of nitrogens with zero attached hydrogens (tertiary/aromatic N) is 1. The van der Waals surface area contributed by atoms with Gasteiger partial charge >= 0.3 is 0 Å². The number of nitrogens with one attached hydrogen (secondary N) is 1. The van der Waals surface area contributed by atoms with Gasteiger partial charge in [0.1, 0.15) is 11.4 Å². The van der Waals surface area contributed by atoms with Crippen LogP contribution in [-0.2, 0) is 6.54 Å². The molecule has 4 nitrogen and oxygen atoms in total. The highest BCUT2D eigenvalue weighted by Gasteiger charge is 2.09. The lowest BCUT2D eigenvalue weighted by molar-refractivity contribution is 0.0946. The van der Waals surface area contributed by atoms with E-state index in [2.05, 4.69) is 10.3 Å². The van der Waals surface area contributed by atoms with Crippen molar-refractivity contribution >= 4 is 17.2 Å². The van der Waals surface area contributed by atoms with Crippen LogP contribution >= 0.6 is 11.3 Å². The van der Waals surface area contributed by atoms with Gasteiger partial charge < -0.3 is 10.1 Å². The second kappa shape index (κ2) is 5.64. The summed E-state index contributed by atoms with van der Waals surface area (Å²) in [7, 11) is 1.62. The number of aryl methyl sites for hydroxylation is 1. The summed E-state index contributed by atoms with van der Waals surface area (Å²) in [5.41, 5.74) is 1.41. The van der Waals surface area contributed by atoms with Crippen molar-refractivity contribution in [1.29, 1.82) is 0 Å². The first kappa shape index (κ1) is 12.6. The number of rotatable bonds is 4. The first-order valence-electron chi connectivity index (χ1n) is 5.53. The average molecular weight is 262 g/mol. The van der Waals surface area contributed by atoms with Crippen LogP contribution in [0.15, 0.2) is 29.6 Å². The van der Waals surface area contributed by atoms with Crippen LogP contribution in [0.1, 0.15) is 21.1 Å². The molecule has 1 N–H and O–H groups in total. The van der Waals surface area contributed by atoms with Gasteiger partial charge in [-0.1, -0.05) is 18.2 Å². The zero-order chi connectivity index (χ0) is 13.0. The van der Waals surface area contributed by atoms with Gasteiger partial charge in [-0.05, 0) is 13.0 Å². The third-order valence-electron chi connectivity index (χ3n) is 2.48. The van der Waals surface area contributed by atoms with E-state index in [1.807, 2.05) is 31.2 Å². The number of ether oxygens (including phenoxy) is 1. The van der Waals surface area contributed by atoms with Crippen LogP contribution < -0.4 is 10.1 Å². The van der Waals surface area contributed by atoms with Crippen molar-refractivity contribution in [2.24, 2.45) is 0 Å². The minimum absolute atomic E-state index is 0.162. The van der Waals surface area contributed by atoms with Gasteiger partial charge in [0.25, 0.3) is 5.91 Å². The maximum Gasteiger partial charge on any atom is 0.271 e. The molecular formula is C13H14N2O2S. The second-order valence-electron chi connectivity index (χ2n) is 3.75. The van der Waals surface area contributed by atoms with E-state index < -0.39 is 0 Å². The first-order chi connectivity index (χ1) is 8.70. The van der Waals surface area contributed by atoms with Gasteiger partial charge in [-0.3, -0.25) is 4.79 Å². The molecule has 0 spiro atoms. The summed E-state index contributed by atoms with van der Waals surface area (Å²) in [4.78, 5) is 16.0. The number of amides is 1. The second-order valence-corrected chi connectivity index (χ2v) is 4.81. The summed E-state index contributed by atoms with van der Waals surface area (Å²) >= 11 is 1.47. The first-order valence-corrected chi connectivity index (χ1v) is 6.41. The maximum atomic E-state index is 11.8. The van der Waals surface area contributed by atoms with Gasteiger partial charge in [-0.25, -0.2) is 4.98 Å². The topological polar surface area (TPSA) is 51.2 Å². The monoisotopic (exact) mass is 262 g/mol. The number of methoxy groups -OCH3 is 1. The Morgan fingerprint density at radius 2 is 2.22 bits per heavy atom. The van der Waals surface area contributed by atoms with E-state index in [-0.39, 0.29) is 5.91 Å². The Labute approximate surface area is 110 Å². The van der Waals surface area contributed by atoms with Gasteiger partial charge in [-0.15, -0.1) is 11.3 Å². The van der Waals surface area contributed by atoms with Gasteiger partial charge in [-0.2, -0.15) is 0 Å². The molecule has 0 aliphatic rings. The van der Waals surface area contributed by atoms with E-state index in [1.54, 1.807) is 12.5 Å². The Morgan fingerprint density at radius 1 is 1.44 bits per heavy atom. The predicted molar refractivity (Wildman–Crippen MR) is 71.0 cm³/mol. The lowest BCUT2D eigenvalue weighted by Crippen LogP contribution is -2.23. The summed E-state index contributed by atoms with van der Waals surface area (Å²) in [5, 5.41) is 5.47. The van der Waals surface area contributed by atoms with Crippen LogP contribution in [0.5, 0.6) is 5.75 Å². The Bertz CT molecular complexity index is 551. The molecule has 2 rings (SSSR count). The number of benzene rings is 1. The zero-order valence-corrected chi connectivity index (χ0v) is 11.1. The number of para-hydroxylation sites is 1. The fourth-order valence-corrected chi connectivity index (χ4v) is 2.18. The summed E-state index contributed by atoms with van der Waals surface area (Å²) in [6.07, 6.45) is 0. The van der Waals surface area contributed by atoms with E-state index in [9.17, 15) is 4.79 Å². The average Bonchev–Trinajstić information content (AvgIpc) is 2.83. The molecule has 0 bridgehead atoms. The molecule has 1 aromatic heterocycles. The highest BCUT2D eigenvalue weighted by Crippen LogP contribution is 2.17. The van der Waals surface area contributed by atoms with Crippen LogP contribution in [0, 0.1) is 6.92 Å². The Hall–Kier alpha value is -1.88. The quantitative estimate of drug-likeness (QED) is 0.920. The summed E-state index contributed by atoms with van der Waals surface area (Å²) in [5.74, 6) is 0.609. The Balaban J connectivity index is 2.01. The molecule has 1 aromatic carbocycles. The number of carbonyl (C=O) groups excluding carboxylic acids is 1. The summed E-state index contributed by atoms with van der Waals surface area (Å²) < 4.78 is 5.22. The molecule has 18 heavy (non-hydrogen) atoms. The fraction of sp³-hybridized carbons (Fsp3) is 0.231. The van der Waals surface area contributed by atoms with Crippen molar-refractivity contribution in [2.45, 2.75) is 13.5 Å². The molecule has 0 unspecified atom stereocenters. The van der Waals surface area contributed by atoms with Gasteiger partial charge in [0.15, 0.2) is 0 Å². The molecule has 0 aliphatic heterocycles. The predicted octanol–water partition coefficient (Wildman–Crippen LogP) is 2.39. The summed E-state index contributed by atoms with van der Waals surface area (Å²) in [6, 6.07) is 7.60. The molecule has 0 saturated heterocycles. The zero-order valence-electron chi connectivity index (χ0n) is 10.3. The minimum atomic E-state index is -0.162. The third-order valence-corrected chi connectivity index (χ3v) is 3.26. The molecular weight excluding hydrogens is 248 g/mol. The molecule has 94 valence electrons. The molecule has 0 radical (unpaired) electrons. The van der Waals surface area contributed by atoms with E-state index in [0.717, 1.165) is 16.3 Å². The van der Waals surface area contributed by atoms with E-state index in [1.165, 1.54) is 11.3 Å². The van der Waals surface area contributed by atoms with Gasteiger partial charge in [0.05, 0.1) is 12.1 Å². The molecule has 2 aromatic rings. The standard InChI is InChI=1S/C13H14N2O2S/c1-9-15-11(8-18-9)13(16)14-7-10-5-3-4-6-12(10)17-2/h3-6,8H,7H2,1-2H3,(H,14,16). The van der Waals surface area contributed by atoms with Crippen molar-refractivity contribution < 1.29 is 9.53 Å². The number of aromatic nitrogens is 1. The third kappa shape index (κ3) is 2.87. The van der Waals surface area contributed by atoms with Gasteiger partial charge in [0.2, 0.25) is 0 Å². The molecule has 0 saturated carbocycles. The lowest BCUT2D eigenvalue weighted by Gasteiger charge is -2.08. The van der Waals surface area contributed by atoms with Crippen LogP contribution in [0.25, 0.3) is 0 Å². The van der Waals surface area contributed by atoms with Crippen molar-refractivity contribution in [3.8, 4) is 5.75 Å². The highest BCUT2D eigenvalue weighted by atomic mass is 32.1. The van der Waals surface area contributed by atoms with Crippen LogP contribution in [-0.4, -0.2) is 18.0 Å². The highest BCUT2D eigenvalue weighted by molar-refractivity contribution is 7.09. The number of hydrogen-bond acceptors (Lipinski definition) is 4. The Kier molecular flexibility index (Phi) is 3.94. The van der Waals surface area contributed by atoms with Crippen LogP contribution in [0.3, 0.4) is 0 Å². The SMILES string of the molecule is COc1ccccc1CNC(=O)c1csc(C)n1. The summed E-state index contributed by atoms with van der Waals surface area (Å²) in [6.45, 7) is 2.31. The largest absolute Gasteiger partial charge is 0.496 e. The number of thiazole rings is 1. The van der Waals surface area contributed by atoms with Crippen molar-refractivity contribution in [3.05, 3.63) is 45.9 Å². The number of hydrogen-bond donors (Lipinski definition) is 1. The van der Waals surface area contributed by atoms with E-state index in [0.29, 0.717) is 12.2 Å². The molecule has 1 amide bonds. The van der Waals surface area contributed by atoms with Crippen molar-refractivity contribution in [2.75, 3.05) is 7.11 Å². The number of carbonyl (C=O) groups is 1. The normalized spacial score (nSPS) is 10.1. The Morgan fingerprint density at radius 3 is 2.89 bits per heavy atom. The minimum Gasteiger partial charge on any atom is -0.496 e. The molecule has 5 heteroatoms. The smallest absolute Gasteiger partial charge is 0.271 e. The van der Waals surface area contributed by atoms with Gasteiger partial charge in [0, 0.05) is 17.5 Å². The lowest BCUT2D eigenvalue weighted by atomic mass is 10.2. The fourth-order valence-electron chi connectivity index (χ4n) is 1.58.